The SMILES string of the molecule is CCN(CCOc1cccc(Br)c1)CCC(N)=S. The Morgan fingerprint density at radius 2 is 2.22 bits per heavy atom. The predicted molar refractivity (Wildman–Crippen MR) is 83.2 cm³/mol. The molecule has 5 heteroatoms. The van der Waals surface area contributed by atoms with Gasteiger partial charge in [-0.2, -0.15) is 0 Å². The van der Waals surface area contributed by atoms with Gasteiger partial charge in [0.1, 0.15) is 12.4 Å². The molecule has 2 N–H and O–H groups in total. The molecular formula is C13H19BrN2OS. The minimum atomic E-state index is 0.571. The zero-order valence-electron chi connectivity index (χ0n) is 10.6. The highest BCUT2D eigenvalue weighted by Crippen LogP contribution is 2.17. The van der Waals surface area contributed by atoms with Crippen LogP contribution in [-0.4, -0.2) is 36.1 Å². The highest BCUT2D eigenvalue weighted by atomic mass is 79.9. The van der Waals surface area contributed by atoms with Crippen LogP contribution in [-0.2, 0) is 0 Å². The summed E-state index contributed by atoms with van der Waals surface area (Å²) in [6.07, 6.45) is 0.764. The van der Waals surface area contributed by atoms with Gasteiger partial charge in [-0.05, 0) is 24.7 Å². The van der Waals surface area contributed by atoms with Crippen molar-refractivity contribution in [1.29, 1.82) is 0 Å². The molecule has 0 amide bonds. The average Bonchev–Trinajstić information content (AvgIpc) is 2.33. The van der Waals surface area contributed by atoms with Gasteiger partial charge in [-0.15, -0.1) is 0 Å². The number of hydrogen-bond donors (Lipinski definition) is 1. The van der Waals surface area contributed by atoms with Crippen molar-refractivity contribution in [2.75, 3.05) is 26.2 Å². The van der Waals surface area contributed by atoms with Crippen LogP contribution in [0.15, 0.2) is 28.7 Å². The summed E-state index contributed by atoms with van der Waals surface area (Å²) in [6.45, 7) is 5.55. The van der Waals surface area contributed by atoms with E-state index in [9.17, 15) is 0 Å². The maximum absolute atomic E-state index is 5.69. The second kappa shape index (κ2) is 8.45. The molecule has 0 heterocycles. The maximum Gasteiger partial charge on any atom is 0.120 e. The van der Waals surface area contributed by atoms with Crippen molar-refractivity contribution in [2.24, 2.45) is 5.73 Å². The molecule has 0 aliphatic rings. The largest absolute Gasteiger partial charge is 0.492 e. The molecule has 1 aromatic carbocycles. The van der Waals surface area contributed by atoms with Crippen LogP contribution in [0.1, 0.15) is 13.3 Å². The molecule has 1 aromatic rings. The van der Waals surface area contributed by atoms with Crippen LogP contribution in [0.5, 0.6) is 5.75 Å². The number of nitrogens with two attached hydrogens (primary N) is 1. The van der Waals surface area contributed by atoms with Gasteiger partial charge in [-0.25, -0.2) is 0 Å². The summed E-state index contributed by atoms with van der Waals surface area (Å²) in [5.41, 5.74) is 5.50. The Balaban J connectivity index is 2.28. The first-order valence-electron chi connectivity index (χ1n) is 6.01. The van der Waals surface area contributed by atoms with Crippen LogP contribution in [0.2, 0.25) is 0 Å². The molecule has 0 spiro atoms. The van der Waals surface area contributed by atoms with Crippen molar-refractivity contribution < 1.29 is 4.74 Å². The predicted octanol–water partition coefficient (Wildman–Crippen LogP) is 2.83. The van der Waals surface area contributed by atoms with Gasteiger partial charge < -0.3 is 10.5 Å². The van der Waals surface area contributed by atoms with E-state index in [-0.39, 0.29) is 0 Å². The lowest BCUT2D eigenvalue weighted by molar-refractivity contribution is 0.219. The van der Waals surface area contributed by atoms with E-state index in [1.807, 2.05) is 24.3 Å². The van der Waals surface area contributed by atoms with Crippen molar-refractivity contribution in [1.82, 2.24) is 4.90 Å². The van der Waals surface area contributed by atoms with E-state index in [2.05, 4.69) is 27.8 Å². The number of hydrogen-bond acceptors (Lipinski definition) is 3. The number of ether oxygens (including phenoxy) is 1. The fourth-order valence-corrected chi connectivity index (χ4v) is 2.02. The quantitative estimate of drug-likeness (QED) is 0.744. The van der Waals surface area contributed by atoms with E-state index in [0.717, 1.165) is 36.3 Å². The maximum atomic E-state index is 5.69. The molecule has 0 radical (unpaired) electrons. The van der Waals surface area contributed by atoms with Gasteiger partial charge in [0, 0.05) is 24.0 Å². The summed E-state index contributed by atoms with van der Waals surface area (Å²) in [5.74, 6) is 0.884. The molecule has 0 atom stereocenters. The molecular weight excluding hydrogens is 312 g/mol. The number of nitrogens with zero attached hydrogens (tertiary/aromatic N) is 1. The van der Waals surface area contributed by atoms with E-state index in [4.69, 9.17) is 22.7 Å². The standard InChI is InChI=1S/C13H19BrN2OS/c1-2-16(7-6-13(15)18)8-9-17-12-5-3-4-11(14)10-12/h3-5,10H,2,6-9H2,1H3,(H2,15,18). The Hall–Kier alpha value is -0.650. The molecule has 1 rings (SSSR count). The smallest absolute Gasteiger partial charge is 0.120 e. The Labute approximate surface area is 122 Å². The first-order valence-corrected chi connectivity index (χ1v) is 7.21. The van der Waals surface area contributed by atoms with Gasteiger partial charge in [0.05, 0.1) is 4.99 Å². The normalized spacial score (nSPS) is 10.6. The summed E-state index contributed by atoms with van der Waals surface area (Å²) in [6, 6.07) is 7.86. The summed E-state index contributed by atoms with van der Waals surface area (Å²) in [5, 5.41) is 0. The van der Waals surface area contributed by atoms with E-state index in [1.165, 1.54) is 0 Å². The zero-order chi connectivity index (χ0) is 13.4. The monoisotopic (exact) mass is 330 g/mol. The minimum absolute atomic E-state index is 0.571. The number of thiocarbonyl (C=S) groups is 1. The second-order valence-corrected chi connectivity index (χ2v) is 5.40. The van der Waals surface area contributed by atoms with Gasteiger partial charge in [-0.3, -0.25) is 4.90 Å². The molecule has 0 saturated heterocycles. The Kier molecular flexibility index (Phi) is 7.23. The molecule has 0 bridgehead atoms. The third-order valence-electron chi connectivity index (χ3n) is 2.59. The second-order valence-electron chi connectivity index (χ2n) is 3.96. The topological polar surface area (TPSA) is 38.5 Å². The van der Waals surface area contributed by atoms with E-state index < -0.39 is 0 Å². The molecule has 3 nitrogen and oxygen atoms in total. The van der Waals surface area contributed by atoms with Crippen LogP contribution >= 0.6 is 28.1 Å². The average molecular weight is 331 g/mol. The summed E-state index contributed by atoms with van der Waals surface area (Å²) in [7, 11) is 0. The van der Waals surface area contributed by atoms with Crippen LogP contribution in [0.4, 0.5) is 0 Å². The number of rotatable bonds is 8. The van der Waals surface area contributed by atoms with E-state index in [0.29, 0.717) is 11.6 Å². The number of halogens is 1. The summed E-state index contributed by atoms with van der Waals surface area (Å²) in [4.78, 5) is 2.85. The highest BCUT2D eigenvalue weighted by molar-refractivity contribution is 9.10. The van der Waals surface area contributed by atoms with Crippen molar-refractivity contribution in [3.05, 3.63) is 28.7 Å². The Morgan fingerprint density at radius 1 is 1.44 bits per heavy atom. The highest BCUT2D eigenvalue weighted by Gasteiger charge is 2.03. The van der Waals surface area contributed by atoms with Crippen molar-refractivity contribution in [3.8, 4) is 5.75 Å². The van der Waals surface area contributed by atoms with Gasteiger partial charge in [0.15, 0.2) is 0 Å². The van der Waals surface area contributed by atoms with Crippen LogP contribution in [0.3, 0.4) is 0 Å². The Morgan fingerprint density at radius 3 is 2.83 bits per heavy atom. The third-order valence-corrected chi connectivity index (χ3v) is 3.29. The lowest BCUT2D eigenvalue weighted by Gasteiger charge is -2.20. The molecule has 0 fully saturated rings. The first-order chi connectivity index (χ1) is 8.61. The lowest BCUT2D eigenvalue weighted by Crippen LogP contribution is -2.31. The fourth-order valence-electron chi connectivity index (χ4n) is 1.55. The van der Waals surface area contributed by atoms with Gasteiger partial charge in [0.25, 0.3) is 0 Å². The Bertz CT molecular complexity index is 387. The molecule has 0 aliphatic heterocycles. The molecule has 100 valence electrons. The molecule has 0 aliphatic carbocycles. The summed E-state index contributed by atoms with van der Waals surface area (Å²) >= 11 is 8.30. The lowest BCUT2D eigenvalue weighted by atomic mass is 10.3. The van der Waals surface area contributed by atoms with E-state index in [1.54, 1.807) is 0 Å². The van der Waals surface area contributed by atoms with Gasteiger partial charge >= 0.3 is 0 Å². The van der Waals surface area contributed by atoms with Crippen molar-refractivity contribution in [3.63, 3.8) is 0 Å². The summed E-state index contributed by atoms with van der Waals surface area (Å²) < 4.78 is 6.72. The third kappa shape index (κ3) is 6.33. The molecule has 0 aromatic heterocycles. The fraction of sp³-hybridized carbons (Fsp3) is 0.462. The molecule has 0 saturated carbocycles. The molecule has 18 heavy (non-hydrogen) atoms. The minimum Gasteiger partial charge on any atom is -0.492 e. The zero-order valence-corrected chi connectivity index (χ0v) is 13.0. The van der Waals surface area contributed by atoms with Gasteiger partial charge in [0.2, 0.25) is 0 Å². The molecule has 0 unspecified atom stereocenters. The van der Waals surface area contributed by atoms with E-state index >= 15 is 0 Å². The number of benzene rings is 1. The van der Waals surface area contributed by atoms with Crippen LogP contribution < -0.4 is 10.5 Å². The number of likely N-dealkylation sites (N-methyl/N-ethyl adjacent to an activating group) is 1. The van der Waals surface area contributed by atoms with Crippen molar-refractivity contribution >= 4 is 33.1 Å². The van der Waals surface area contributed by atoms with Gasteiger partial charge in [-0.1, -0.05) is 41.1 Å². The van der Waals surface area contributed by atoms with Crippen LogP contribution in [0.25, 0.3) is 0 Å². The van der Waals surface area contributed by atoms with Crippen molar-refractivity contribution in [2.45, 2.75) is 13.3 Å². The first kappa shape index (κ1) is 15.4. The van der Waals surface area contributed by atoms with Crippen LogP contribution in [0, 0.1) is 0 Å².